The minimum absolute atomic E-state index is 0.533. The smallest absolute Gasteiger partial charge is 0.130 e. The highest BCUT2D eigenvalue weighted by molar-refractivity contribution is 6.31. The number of nitrogens with one attached hydrogen (secondary N) is 1. The molecule has 3 heterocycles. The Balaban J connectivity index is 1.28. The molecule has 0 spiro atoms. The summed E-state index contributed by atoms with van der Waals surface area (Å²) in [7, 11) is 0. The van der Waals surface area contributed by atoms with E-state index in [-0.39, 0.29) is 0 Å². The number of pyridine rings is 2. The Morgan fingerprint density at radius 2 is 1.84 bits per heavy atom. The van der Waals surface area contributed by atoms with Crippen molar-refractivity contribution in [3.8, 4) is 0 Å². The van der Waals surface area contributed by atoms with E-state index in [9.17, 15) is 0 Å². The molecule has 164 valence electrons. The maximum atomic E-state index is 5.61. The van der Waals surface area contributed by atoms with Crippen LogP contribution in [-0.4, -0.2) is 46.4 Å². The average molecular weight is 428 g/mol. The van der Waals surface area contributed by atoms with Gasteiger partial charge in [0.15, 0.2) is 0 Å². The second kappa shape index (κ2) is 11.2. The zero-order chi connectivity index (χ0) is 22.0. The van der Waals surface area contributed by atoms with Crippen molar-refractivity contribution in [2.75, 3.05) is 25.0 Å². The molecule has 1 aromatic carbocycles. The fourth-order valence-electron chi connectivity index (χ4n) is 3.96. The second-order valence-corrected chi connectivity index (χ2v) is 7.93. The summed E-state index contributed by atoms with van der Waals surface area (Å²) in [6, 6.07) is 20.4. The van der Waals surface area contributed by atoms with E-state index in [1.165, 1.54) is 5.56 Å². The van der Waals surface area contributed by atoms with Gasteiger partial charge in [-0.1, -0.05) is 24.3 Å². The van der Waals surface area contributed by atoms with Crippen LogP contribution >= 0.6 is 0 Å². The number of hydrogen-bond donors (Lipinski definition) is 2. The van der Waals surface area contributed by atoms with E-state index >= 15 is 0 Å². The van der Waals surface area contributed by atoms with Crippen LogP contribution in [0.25, 0.3) is 0 Å². The van der Waals surface area contributed by atoms with Crippen molar-refractivity contribution in [2.24, 2.45) is 15.9 Å². The predicted octanol–water partition coefficient (Wildman–Crippen LogP) is 3.99. The van der Waals surface area contributed by atoms with E-state index in [4.69, 9.17) is 5.84 Å². The summed E-state index contributed by atoms with van der Waals surface area (Å²) in [5, 5.41) is 7.32. The molecular formula is C25H29N7. The lowest BCUT2D eigenvalue weighted by atomic mass is 9.89. The molecule has 0 atom stereocenters. The third-order valence-electron chi connectivity index (χ3n) is 5.65. The topological polar surface area (TPSA) is 91.8 Å². The lowest BCUT2D eigenvalue weighted by molar-refractivity contribution is 0.239. The van der Waals surface area contributed by atoms with Crippen LogP contribution in [0, 0.1) is 0 Å². The molecule has 0 amide bonds. The molecule has 3 aromatic rings. The number of nitrogens with two attached hydrogens (primary N) is 1. The summed E-state index contributed by atoms with van der Waals surface area (Å²) in [6.07, 6.45) is 7.56. The fraction of sp³-hybridized carbons (Fsp3) is 0.280. The lowest BCUT2D eigenvalue weighted by Gasteiger charge is -2.32. The van der Waals surface area contributed by atoms with Crippen LogP contribution < -0.4 is 11.2 Å². The molecule has 7 heteroatoms. The number of likely N-dealkylation sites (tertiary alicyclic amines) is 1. The van der Waals surface area contributed by atoms with Gasteiger partial charge in [0, 0.05) is 30.8 Å². The predicted molar refractivity (Wildman–Crippen MR) is 130 cm³/mol. The molecule has 0 aliphatic carbocycles. The van der Waals surface area contributed by atoms with Crippen molar-refractivity contribution in [2.45, 2.75) is 25.3 Å². The number of hydrogen-bond acceptors (Lipinski definition) is 7. The lowest BCUT2D eigenvalue weighted by Crippen LogP contribution is -2.37. The molecule has 0 bridgehead atoms. The van der Waals surface area contributed by atoms with Crippen molar-refractivity contribution in [3.63, 3.8) is 0 Å². The summed E-state index contributed by atoms with van der Waals surface area (Å²) in [6.45, 7) is 3.27. The molecule has 1 fully saturated rings. The van der Waals surface area contributed by atoms with Gasteiger partial charge in [-0.2, -0.15) is 5.10 Å². The zero-order valence-electron chi connectivity index (χ0n) is 18.1. The first-order chi connectivity index (χ1) is 15.8. The van der Waals surface area contributed by atoms with Crippen molar-refractivity contribution in [1.82, 2.24) is 14.9 Å². The number of piperidine rings is 1. The number of benzene rings is 1. The molecule has 1 aliphatic heterocycles. The Kier molecular flexibility index (Phi) is 7.55. The Labute approximate surface area is 189 Å². The third kappa shape index (κ3) is 6.21. The van der Waals surface area contributed by atoms with Crippen LogP contribution in [0.3, 0.4) is 0 Å². The SMILES string of the molecule is NN=C(C=NCc1ccccn1)CN1CCC(c2cccc(Nc3ccccn3)c2)CC1. The van der Waals surface area contributed by atoms with Crippen molar-refractivity contribution < 1.29 is 0 Å². The molecule has 4 rings (SSSR count). The van der Waals surface area contributed by atoms with Crippen LogP contribution in [0.4, 0.5) is 11.5 Å². The monoisotopic (exact) mass is 427 g/mol. The molecular weight excluding hydrogens is 398 g/mol. The Morgan fingerprint density at radius 3 is 2.56 bits per heavy atom. The highest BCUT2D eigenvalue weighted by atomic mass is 15.2. The first-order valence-corrected chi connectivity index (χ1v) is 11.0. The Hall–Kier alpha value is -3.58. The molecule has 32 heavy (non-hydrogen) atoms. The van der Waals surface area contributed by atoms with Gasteiger partial charge in [0.05, 0.1) is 18.0 Å². The van der Waals surface area contributed by atoms with E-state index in [0.29, 0.717) is 12.5 Å². The quantitative estimate of drug-likeness (QED) is 0.322. The second-order valence-electron chi connectivity index (χ2n) is 7.93. The highest BCUT2D eigenvalue weighted by Gasteiger charge is 2.21. The molecule has 1 saturated heterocycles. The number of rotatable bonds is 8. The van der Waals surface area contributed by atoms with Gasteiger partial charge in [-0.15, -0.1) is 0 Å². The van der Waals surface area contributed by atoms with Gasteiger partial charge >= 0.3 is 0 Å². The highest BCUT2D eigenvalue weighted by Crippen LogP contribution is 2.30. The average Bonchev–Trinajstić information content (AvgIpc) is 2.85. The molecule has 0 saturated carbocycles. The van der Waals surface area contributed by atoms with Crippen molar-refractivity contribution >= 4 is 23.4 Å². The summed E-state index contributed by atoms with van der Waals surface area (Å²) >= 11 is 0. The number of aromatic nitrogens is 2. The maximum Gasteiger partial charge on any atom is 0.130 e. The van der Waals surface area contributed by atoms with E-state index < -0.39 is 0 Å². The minimum atomic E-state index is 0.533. The summed E-state index contributed by atoms with van der Waals surface area (Å²) < 4.78 is 0. The molecule has 0 unspecified atom stereocenters. The standard InChI is InChI=1S/C25H29N7/c26-31-24(18-27-17-23-7-1-3-12-28-23)19-32-14-10-20(11-15-32)21-6-5-8-22(16-21)30-25-9-2-4-13-29-25/h1-9,12-13,16,18,20H,10-11,14-15,17,19,26H2,(H,29,30). The van der Waals surface area contributed by atoms with Crippen LogP contribution in [0.2, 0.25) is 0 Å². The summed E-state index contributed by atoms with van der Waals surface area (Å²) in [5.41, 5.74) is 4.17. The van der Waals surface area contributed by atoms with Gasteiger partial charge in [0.25, 0.3) is 0 Å². The first-order valence-electron chi connectivity index (χ1n) is 11.0. The molecule has 7 nitrogen and oxygen atoms in total. The van der Waals surface area contributed by atoms with E-state index in [2.05, 4.69) is 54.5 Å². The number of aliphatic imine (C=N–C) groups is 1. The molecule has 3 N–H and O–H groups in total. The van der Waals surface area contributed by atoms with Gasteiger partial charge in [-0.25, -0.2) is 4.98 Å². The van der Waals surface area contributed by atoms with Gasteiger partial charge in [0.1, 0.15) is 5.82 Å². The van der Waals surface area contributed by atoms with E-state index in [0.717, 1.165) is 55.4 Å². The van der Waals surface area contributed by atoms with E-state index in [1.807, 2.05) is 36.4 Å². The van der Waals surface area contributed by atoms with Crippen LogP contribution in [-0.2, 0) is 6.54 Å². The van der Waals surface area contributed by atoms with E-state index in [1.54, 1.807) is 18.6 Å². The summed E-state index contributed by atoms with van der Waals surface area (Å²) in [4.78, 5) is 15.5. The first kappa shape index (κ1) is 21.6. The van der Waals surface area contributed by atoms with Crippen LogP contribution in [0.1, 0.15) is 30.0 Å². The molecule has 0 radical (unpaired) electrons. The minimum Gasteiger partial charge on any atom is -0.340 e. The van der Waals surface area contributed by atoms with Crippen LogP contribution in [0.5, 0.6) is 0 Å². The number of nitrogens with zero attached hydrogens (tertiary/aromatic N) is 5. The normalized spacial score (nSPS) is 15.8. The van der Waals surface area contributed by atoms with Gasteiger partial charge in [-0.3, -0.25) is 14.9 Å². The van der Waals surface area contributed by atoms with Crippen LogP contribution in [0.15, 0.2) is 83.2 Å². The Bertz CT molecular complexity index is 1030. The maximum absolute atomic E-state index is 5.61. The van der Waals surface area contributed by atoms with Gasteiger partial charge < -0.3 is 11.2 Å². The summed E-state index contributed by atoms with van der Waals surface area (Å²) in [5.74, 6) is 7.02. The van der Waals surface area contributed by atoms with Gasteiger partial charge in [0.2, 0.25) is 0 Å². The van der Waals surface area contributed by atoms with Crippen molar-refractivity contribution in [1.29, 1.82) is 0 Å². The Morgan fingerprint density at radius 1 is 1.03 bits per heavy atom. The molecule has 2 aromatic heterocycles. The van der Waals surface area contributed by atoms with Crippen molar-refractivity contribution in [3.05, 3.63) is 84.3 Å². The zero-order valence-corrected chi connectivity index (χ0v) is 18.1. The number of hydrazone groups is 1. The van der Waals surface area contributed by atoms with Gasteiger partial charge in [-0.05, 0) is 73.8 Å². The fourth-order valence-corrected chi connectivity index (χ4v) is 3.96. The third-order valence-corrected chi connectivity index (χ3v) is 5.65. The molecule has 1 aliphatic rings. The number of anilines is 2. The largest absolute Gasteiger partial charge is 0.340 e.